The molecule has 5 fully saturated rings. The minimum Gasteiger partial charge on any atom is -0.481 e. The number of hydrogen-bond acceptors (Lipinski definition) is 8. The number of carboxylic acid groups (broad SMARTS) is 1. The zero-order chi connectivity index (χ0) is 35.4. The van der Waals surface area contributed by atoms with E-state index in [1.807, 2.05) is 13.0 Å². The SMILES string of the molecule is C[C@@H]1O[C@@H](CC(=O)CO[C@H]2CC[C@@]3(C)C(CC[C@]4(C)[C@H]3C(=O)C=C3[C@@H]5C[C@@](C)(C(=O)O)CC[C@]5(C)CC[C@]34C)C2(C)C)[C@@H](O)[C@H](O)[C@@H]1O. The third-order valence-corrected chi connectivity index (χ3v) is 15.9. The van der Waals surface area contributed by atoms with Crippen molar-refractivity contribution in [1.29, 1.82) is 0 Å². The molecule has 9 nitrogen and oxygen atoms in total. The van der Waals surface area contributed by atoms with Crippen LogP contribution in [0.15, 0.2) is 11.6 Å². The number of aliphatic hydroxyl groups excluding tert-OH is 3. The van der Waals surface area contributed by atoms with Gasteiger partial charge in [0.15, 0.2) is 11.6 Å². The summed E-state index contributed by atoms with van der Waals surface area (Å²) in [5, 5.41) is 40.7. The summed E-state index contributed by atoms with van der Waals surface area (Å²) in [4.78, 5) is 40.1. The lowest BCUT2D eigenvalue weighted by Crippen LogP contribution is -2.66. The van der Waals surface area contributed by atoms with Gasteiger partial charge in [0.2, 0.25) is 0 Å². The van der Waals surface area contributed by atoms with Crippen LogP contribution >= 0.6 is 0 Å². The van der Waals surface area contributed by atoms with Gasteiger partial charge in [-0.1, -0.05) is 47.1 Å². The molecule has 9 heteroatoms. The number of ether oxygens (including phenoxy) is 2. The summed E-state index contributed by atoms with van der Waals surface area (Å²) in [6.45, 7) is 17.2. The van der Waals surface area contributed by atoms with Crippen LogP contribution in [0.3, 0.4) is 0 Å². The summed E-state index contributed by atoms with van der Waals surface area (Å²) in [7, 11) is 0. The summed E-state index contributed by atoms with van der Waals surface area (Å²) >= 11 is 0. The summed E-state index contributed by atoms with van der Waals surface area (Å²) < 4.78 is 12.0. The maximum Gasteiger partial charge on any atom is 0.309 e. The second-order valence-corrected chi connectivity index (χ2v) is 18.8. The number of hydrogen-bond donors (Lipinski definition) is 4. The number of carboxylic acids is 1. The van der Waals surface area contributed by atoms with Gasteiger partial charge in [-0.25, -0.2) is 0 Å². The Morgan fingerprint density at radius 1 is 0.896 bits per heavy atom. The Bertz CT molecular complexity index is 1370. The van der Waals surface area contributed by atoms with E-state index in [1.165, 1.54) is 5.57 Å². The van der Waals surface area contributed by atoms with Crippen LogP contribution < -0.4 is 0 Å². The molecule has 0 radical (unpaired) electrons. The Morgan fingerprint density at radius 3 is 2.23 bits per heavy atom. The summed E-state index contributed by atoms with van der Waals surface area (Å²) in [6.07, 6.45) is 3.76. The molecule has 14 atom stereocenters. The van der Waals surface area contributed by atoms with E-state index >= 15 is 0 Å². The maximum atomic E-state index is 14.6. The van der Waals surface area contributed by atoms with E-state index in [1.54, 1.807) is 6.92 Å². The molecule has 4 N–H and O–H groups in total. The van der Waals surface area contributed by atoms with Crippen LogP contribution in [0, 0.1) is 50.2 Å². The Labute approximate surface area is 286 Å². The van der Waals surface area contributed by atoms with Crippen LogP contribution in [0.25, 0.3) is 0 Å². The summed E-state index contributed by atoms with van der Waals surface area (Å²) in [5.41, 5.74) is -0.521. The number of fused-ring (bicyclic) bond motifs is 7. The molecule has 270 valence electrons. The van der Waals surface area contributed by atoms with Crippen LogP contribution in [0.2, 0.25) is 0 Å². The van der Waals surface area contributed by atoms with Crippen molar-refractivity contribution >= 4 is 17.5 Å². The standard InChI is InChI=1S/C39H60O9/c1-21-29(42)31(44)30(43)26(48-21)17-22(40)20-47-28-10-11-37(6)27(34(28,2)3)9-12-39(8)32(37)25(41)18-23-24-19-36(5,33(45)46)14-13-35(24,4)15-16-38(23,39)7/h18,21,24,26-32,42-44H,9-17,19-20H2,1-8H3,(H,45,46)/t21-,24-,26-,27?,28-,29+,30+,31+,32-,35+,36-,37-,38+,39+/m0/s1. The van der Waals surface area contributed by atoms with Gasteiger partial charge in [-0.2, -0.15) is 0 Å². The molecule has 6 rings (SSSR count). The van der Waals surface area contributed by atoms with Crippen LogP contribution in [0.5, 0.6) is 0 Å². The Hall–Kier alpha value is -1.65. The van der Waals surface area contributed by atoms with E-state index < -0.39 is 41.9 Å². The fourth-order valence-electron chi connectivity index (χ4n) is 12.4. The molecule has 1 aliphatic heterocycles. The summed E-state index contributed by atoms with van der Waals surface area (Å²) in [6, 6.07) is 0. The van der Waals surface area contributed by atoms with Crippen molar-refractivity contribution in [3.8, 4) is 0 Å². The van der Waals surface area contributed by atoms with Gasteiger partial charge in [0.1, 0.15) is 24.9 Å². The van der Waals surface area contributed by atoms with E-state index in [4.69, 9.17) is 9.47 Å². The molecule has 0 bridgehead atoms. The van der Waals surface area contributed by atoms with Crippen LogP contribution in [-0.4, -0.2) is 81.2 Å². The number of aliphatic carboxylic acids is 1. The molecular formula is C39H60O9. The van der Waals surface area contributed by atoms with E-state index in [2.05, 4.69) is 41.5 Å². The average molecular weight is 673 g/mol. The molecule has 0 aromatic heterocycles. The Balaban J connectivity index is 1.21. The van der Waals surface area contributed by atoms with Gasteiger partial charge in [0, 0.05) is 12.3 Å². The van der Waals surface area contributed by atoms with Crippen LogP contribution in [0.1, 0.15) is 120 Å². The largest absolute Gasteiger partial charge is 0.481 e. The topological polar surface area (TPSA) is 151 Å². The highest BCUT2D eigenvalue weighted by atomic mass is 16.5. The van der Waals surface area contributed by atoms with Crippen molar-refractivity contribution < 1.29 is 44.3 Å². The highest BCUT2D eigenvalue weighted by Gasteiger charge is 2.70. The molecule has 0 aromatic rings. The fraction of sp³-hybridized carbons (Fsp3) is 0.872. The van der Waals surface area contributed by atoms with Crippen molar-refractivity contribution in [2.45, 2.75) is 156 Å². The van der Waals surface area contributed by atoms with Gasteiger partial charge in [-0.15, -0.1) is 0 Å². The number of carbonyl (C=O) groups is 3. The quantitative estimate of drug-likeness (QED) is 0.296. The molecule has 1 unspecified atom stereocenters. The monoisotopic (exact) mass is 672 g/mol. The highest BCUT2D eigenvalue weighted by molar-refractivity contribution is 5.95. The number of aliphatic hydroxyl groups is 3. The molecule has 4 saturated carbocycles. The lowest BCUT2D eigenvalue weighted by molar-refractivity contribution is -0.219. The first kappa shape index (κ1) is 36.2. The van der Waals surface area contributed by atoms with Crippen LogP contribution in [0.4, 0.5) is 0 Å². The Kier molecular flexibility index (Phi) is 8.80. The number of Topliss-reactive ketones (excluding diaryl/α,β-unsaturated/α-hetero) is 1. The van der Waals surface area contributed by atoms with Gasteiger partial charge < -0.3 is 29.9 Å². The molecule has 1 saturated heterocycles. The molecule has 0 spiro atoms. The molecule has 5 aliphatic carbocycles. The minimum atomic E-state index is -1.37. The minimum absolute atomic E-state index is 0.0141. The molecule has 1 heterocycles. The van der Waals surface area contributed by atoms with Crippen molar-refractivity contribution in [1.82, 2.24) is 0 Å². The number of carbonyl (C=O) groups excluding carboxylic acids is 2. The lowest BCUT2D eigenvalue weighted by Gasteiger charge is -2.70. The normalized spacial score (nSPS) is 51.4. The molecule has 6 aliphatic rings. The van der Waals surface area contributed by atoms with Gasteiger partial charge in [-0.05, 0) is 117 Å². The van der Waals surface area contributed by atoms with Gasteiger partial charge >= 0.3 is 5.97 Å². The van der Waals surface area contributed by atoms with Gasteiger partial charge in [0.25, 0.3) is 0 Å². The second kappa shape index (κ2) is 11.7. The third kappa shape index (κ3) is 5.14. The molecule has 0 amide bonds. The van der Waals surface area contributed by atoms with E-state index in [-0.39, 0.29) is 75.5 Å². The van der Waals surface area contributed by atoms with Gasteiger partial charge in [0.05, 0.1) is 23.7 Å². The van der Waals surface area contributed by atoms with E-state index in [0.29, 0.717) is 12.8 Å². The molecule has 48 heavy (non-hydrogen) atoms. The Morgan fingerprint density at radius 2 is 1.56 bits per heavy atom. The maximum absolute atomic E-state index is 14.6. The van der Waals surface area contributed by atoms with Crippen LogP contribution in [-0.2, 0) is 23.9 Å². The first-order valence-electron chi connectivity index (χ1n) is 18.5. The fourth-order valence-corrected chi connectivity index (χ4v) is 12.4. The first-order chi connectivity index (χ1) is 22.1. The van der Waals surface area contributed by atoms with E-state index in [0.717, 1.165) is 44.9 Å². The first-order valence-corrected chi connectivity index (χ1v) is 18.5. The van der Waals surface area contributed by atoms with Crippen molar-refractivity contribution in [2.24, 2.45) is 50.2 Å². The highest BCUT2D eigenvalue weighted by Crippen LogP contribution is 2.75. The predicted molar refractivity (Wildman–Crippen MR) is 179 cm³/mol. The lowest BCUT2D eigenvalue weighted by atomic mass is 9.33. The zero-order valence-electron chi connectivity index (χ0n) is 30.4. The van der Waals surface area contributed by atoms with Gasteiger partial charge in [-0.3, -0.25) is 14.4 Å². The number of rotatable bonds is 6. The predicted octanol–water partition coefficient (Wildman–Crippen LogP) is 5.27. The number of allylic oxidation sites excluding steroid dienone is 2. The second-order valence-electron chi connectivity index (χ2n) is 18.8. The average Bonchev–Trinajstić information content (AvgIpc) is 3.00. The van der Waals surface area contributed by atoms with Crippen molar-refractivity contribution in [3.05, 3.63) is 11.6 Å². The van der Waals surface area contributed by atoms with Crippen molar-refractivity contribution in [3.63, 3.8) is 0 Å². The smallest absolute Gasteiger partial charge is 0.309 e. The van der Waals surface area contributed by atoms with E-state index in [9.17, 15) is 34.8 Å². The molecule has 0 aromatic carbocycles. The molecular weight excluding hydrogens is 612 g/mol. The third-order valence-electron chi connectivity index (χ3n) is 15.9. The summed E-state index contributed by atoms with van der Waals surface area (Å²) in [5.74, 6) is -0.594. The number of ketones is 2. The van der Waals surface area contributed by atoms with Crippen molar-refractivity contribution in [2.75, 3.05) is 6.61 Å². The zero-order valence-corrected chi connectivity index (χ0v) is 30.4.